The summed E-state index contributed by atoms with van der Waals surface area (Å²) in [6, 6.07) is 15.9. The van der Waals surface area contributed by atoms with Crippen molar-refractivity contribution in [3.05, 3.63) is 65.5 Å². The number of nitrogens with one attached hydrogen (secondary N) is 1. The lowest BCUT2D eigenvalue weighted by Gasteiger charge is -2.33. The normalized spacial score (nSPS) is 16.6. The lowest BCUT2D eigenvalue weighted by Crippen LogP contribution is -2.38. The minimum absolute atomic E-state index is 0.162. The number of nitrogens with zero attached hydrogens (tertiary/aromatic N) is 1. The van der Waals surface area contributed by atoms with Crippen molar-refractivity contribution in [2.75, 3.05) is 18.4 Å². The number of para-hydroxylation sites is 1. The van der Waals surface area contributed by atoms with Crippen LogP contribution in [0.15, 0.2) is 48.5 Å². The highest BCUT2D eigenvalue weighted by molar-refractivity contribution is 5.50. The van der Waals surface area contributed by atoms with Crippen molar-refractivity contribution in [1.82, 2.24) is 4.90 Å². The summed E-state index contributed by atoms with van der Waals surface area (Å²) in [4.78, 5) is 2.45. The zero-order valence-corrected chi connectivity index (χ0v) is 13.1. The Labute approximate surface area is 132 Å². The molecule has 3 rings (SSSR count). The Balaban J connectivity index is 1.50. The van der Waals surface area contributed by atoms with E-state index in [1.807, 2.05) is 12.1 Å². The number of benzene rings is 2. The number of halogens is 1. The Morgan fingerprint density at radius 2 is 1.73 bits per heavy atom. The summed E-state index contributed by atoms with van der Waals surface area (Å²) in [6.45, 7) is 5.23. The standard InChI is InChI=1S/C19H23FN2/c1-15-4-2-3-5-19(15)21-18-10-12-22(13-11-18)14-16-6-8-17(20)9-7-16/h2-9,18,21H,10-14H2,1H3. The van der Waals surface area contributed by atoms with Crippen LogP contribution in [0.25, 0.3) is 0 Å². The molecule has 1 fully saturated rings. The van der Waals surface area contributed by atoms with Crippen LogP contribution in [-0.2, 0) is 6.54 Å². The minimum Gasteiger partial charge on any atom is -0.382 e. The van der Waals surface area contributed by atoms with Gasteiger partial charge in [-0.1, -0.05) is 30.3 Å². The first kappa shape index (κ1) is 15.0. The van der Waals surface area contributed by atoms with Gasteiger partial charge in [-0.15, -0.1) is 0 Å². The van der Waals surface area contributed by atoms with E-state index in [4.69, 9.17) is 0 Å². The fourth-order valence-corrected chi connectivity index (χ4v) is 3.04. The lowest BCUT2D eigenvalue weighted by atomic mass is 10.0. The smallest absolute Gasteiger partial charge is 0.123 e. The monoisotopic (exact) mass is 298 g/mol. The van der Waals surface area contributed by atoms with Gasteiger partial charge in [0.1, 0.15) is 5.82 Å². The van der Waals surface area contributed by atoms with E-state index in [1.165, 1.54) is 16.8 Å². The first-order valence-corrected chi connectivity index (χ1v) is 8.00. The number of aryl methyl sites for hydroxylation is 1. The first-order valence-electron chi connectivity index (χ1n) is 8.00. The van der Waals surface area contributed by atoms with Crippen LogP contribution >= 0.6 is 0 Å². The second-order valence-corrected chi connectivity index (χ2v) is 6.14. The molecular weight excluding hydrogens is 275 g/mol. The van der Waals surface area contributed by atoms with E-state index in [1.54, 1.807) is 12.1 Å². The SMILES string of the molecule is Cc1ccccc1NC1CCN(Cc2ccc(F)cc2)CC1. The largest absolute Gasteiger partial charge is 0.382 e. The van der Waals surface area contributed by atoms with Crippen LogP contribution in [0.2, 0.25) is 0 Å². The first-order chi connectivity index (χ1) is 10.7. The fraction of sp³-hybridized carbons (Fsp3) is 0.368. The molecule has 0 saturated carbocycles. The predicted octanol–water partition coefficient (Wildman–Crippen LogP) is 4.21. The summed E-state index contributed by atoms with van der Waals surface area (Å²) < 4.78 is 12.9. The van der Waals surface area contributed by atoms with Crippen LogP contribution in [0, 0.1) is 12.7 Å². The molecule has 3 heteroatoms. The third-order valence-corrected chi connectivity index (χ3v) is 4.41. The number of hydrogen-bond donors (Lipinski definition) is 1. The summed E-state index contributed by atoms with van der Waals surface area (Å²) in [6.07, 6.45) is 2.30. The van der Waals surface area contributed by atoms with Crippen LogP contribution in [0.5, 0.6) is 0 Å². The summed E-state index contributed by atoms with van der Waals surface area (Å²) in [7, 11) is 0. The molecule has 1 heterocycles. The molecule has 22 heavy (non-hydrogen) atoms. The molecule has 1 saturated heterocycles. The number of likely N-dealkylation sites (tertiary alicyclic amines) is 1. The molecule has 0 spiro atoms. The van der Waals surface area contributed by atoms with E-state index < -0.39 is 0 Å². The van der Waals surface area contributed by atoms with Gasteiger partial charge in [-0.2, -0.15) is 0 Å². The van der Waals surface area contributed by atoms with Gasteiger partial charge < -0.3 is 5.32 Å². The minimum atomic E-state index is -0.162. The van der Waals surface area contributed by atoms with Crippen molar-refractivity contribution in [3.63, 3.8) is 0 Å². The van der Waals surface area contributed by atoms with Gasteiger partial charge in [0.15, 0.2) is 0 Å². The van der Waals surface area contributed by atoms with Gasteiger partial charge in [-0.25, -0.2) is 4.39 Å². The highest BCUT2D eigenvalue weighted by Gasteiger charge is 2.19. The average Bonchev–Trinajstić information content (AvgIpc) is 2.54. The molecule has 1 N–H and O–H groups in total. The molecule has 2 aromatic rings. The average molecular weight is 298 g/mol. The fourth-order valence-electron chi connectivity index (χ4n) is 3.04. The van der Waals surface area contributed by atoms with Crippen LogP contribution in [0.4, 0.5) is 10.1 Å². The summed E-state index contributed by atoms with van der Waals surface area (Å²) in [5.74, 6) is -0.162. The van der Waals surface area contributed by atoms with Gasteiger partial charge in [0, 0.05) is 31.4 Å². The second kappa shape index (κ2) is 6.93. The van der Waals surface area contributed by atoms with Gasteiger partial charge in [-0.05, 0) is 49.1 Å². The topological polar surface area (TPSA) is 15.3 Å². The lowest BCUT2D eigenvalue weighted by molar-refractivity contribution is 0.211. The number of rotatable bonds is 4. The van der Waals surface area contributed by atoms with E-state index in [-0.39, 0.29) is 5.82 Å². The van der Waals surface area contributed by atoms with Crippen LogP contribution in [0.3, 0.4) is 0 Å². The number of piperidine rings is 1. The third-order valence-electron chi connectivity index (χ3n) is 4.41. The maximum atomic E-state index is 12.9. The van der Waals surface area contributed by atoms with Gasteiger partial charge in [0.05, 0.1) is 0 Å². The molecule has 1 aliphatic heterocycles. The van der Waals surface area contributed by atoms with E-state index in [0.29, 0.717) is 6.04 Å². The molecule has 0 aromatic heterocycles. The van der Waals surface area contributed by atoms with E-state index >= 15 is 0 Å². The van der Waals surface area contributed by atoms with Crippen LogP contribution < -0.4 is 5.32 Å². The van der Waals surface area contributed by atoms with Crippen molar-refractivity contribution in [2.45, 2.75) is 32.4 Å². The van der Waals surface area contributed by atoms with E-state index in [9.17, 15) is 4.39 Å². The van der Waals surface area contributed by atoms with Crippen LogP contribution in [-0.4, -0.2) is 24.0 Å². The number of hydrogen-bond acceptors (Lipinski definition) is 2. The Hall–Kier alpha value is -1.87. The maximum Gasteiger partial charge on any atom is 0.123 e. The second-order valence-electron chi connectivity index (χ2n) is 6.14. The van der Waals surface area contributed by atoms with Gasteiger partial charge in [-0.3, -0.25) is 4.90 Å². The molecule has 2 aromatic carbocycles. The Bertz CT molecular complexity index is 601. The van der Waals surface area contributed by atoms with Gasteiger partial charge in [0.25, 0.3) is 0 Å². The van der Waals surface area contributed by atoms with Crippen molar-refractivity contribution in [1.29, 1.82) is 0 Å². The van der Waals surface area contributed by atoms with Crippen LogP contribution in [0.1, 0.15) is 24.0 Å². The summed E-state index contributed by atoms with van der Waals surface area (Å²) in [5.41, 5.74) is 3.74. The molecule has 0 amide bonds. The highest BCUT2D eigenvalue weighted by Crippen LogP contribution is 2.20. The van der Waals surface area contributed by atoms with Crippen molar-refractivity contribution in [2.24, 2.45) is 0 Å². The zero-order valence-electron chi connectivity index (χ0n) is 13.1. The molecule has 1 aliphatic rings. The maximum absolute atomic E-state index is 12.9. The van der Waals surface area contributed by atoms with Gasteiger partial charge >= 0.3 is 0 Å². The molecule has 0 atom stereocenters. The molecular formula is C19H23FN2. The van der Waals surface area contributed by atoms with Gasteiger partial charge in [0.2, 0.25) is 0 Å². The number of anilines is 1. The summed E-state index contributed by atoms with van der Waals surface area (Å²) >= 11 is 0. The van der Waals surface area contributed by atoms with E-state index in [2.05, 4.69) is 41.4 Å². The molecule has 0 aliphatic carbocycles. The van der Waals surface area contributed by atoms with Crippen molar-refractivity contribution < 1.29 is 4.39 Å². The quantitative estimate of drug-likeness (QED) is 0.909. The molecule has 116 valence electrons. The zero-order chi connectivity index (χ0) is 15.4. The predicted molar refractivity (Wildman–Crippen MR) is 89.5 cm³/mol. The molecule has 0 unspecified atom stereocenters. The molecule has 0 bridgehead atoms. The summed E-state index contributed by atoms with van der Waals surface area (Å²) in [5, 5.41) is 3.66. The van der Waals surface area contributed by atoms with Crippen molar-refractivity contribution >= 4 is 5.69 Å². The van der Waals surface area contributed by atoms with Crippen molar-refractivity contribution in [3.8, 4) is 0 Å². The Morgan fingerprint density at radius 3 is 2.41 bits per heavy atom. The third kappa shape index (κ3) is 3.86. The molecule has 2 nitrogen and oxygen atoms in total. The Morgan fingerprint density at radius 1 is 1.05 bits per heavy atom. The van der Waals surface area contributed by atoms with E-state index in [0.717, 1.165) is 32.5 Å². The Kier molecular flexibility index (Phi) is 4.74. The molecule has 0 radical (unpaired) electrons. The highest BCUT2D eigenvalue weighted by atomic mass is 19.1.